The van der Waals surface area contributed by atoms with Crippen molar-refractivity contribution in [3.05, 3.63) is 48.5 Å². The van der Waals surface area contributed by atoms with Crippen molar-refractivity contribution in [3.63, 3.8) is 0 Å². The number of ether oxygens (including phenoxy) is 2. The van der Waals surface area contributed by atoms with E-state index in [1.165, 1.54) is 0 Å². The van der Waals surface area contributed by atoms with Crippen LogP contribution in [-0.2, 0) is 6.54 Å². The number of anilines is 1. The third-order valence-corrected chi connectivity index (χ3v) is 3.18. The molecule has 3 aromatic rings. The zero-order chi connectivity index (χ0) is 14.7. The quantitative estimate of drug-likeness (QED) is 0.779. The Morgan fingerprint density at radius 1 is 1.00 bits per heavy atom. The number of aromatic nitrogens is 3. The normalized spacial score (nSPS) is 10.6. The summed E-state index contributed by atoms with van der Waals surface area (Å²) in [5, 5.41) is 3.29. The highest BCUT2D eigenvalue weighted by molar-refractivity contribution is 5.62. The zero-order valence-corrected chi connectivity index (χ0v) is 11.9. The molecule has 0 atom stereocenters. The van der Waals surface area contributed by atoms with Crippen LogP contribution in [0.5, 0.6) is 11.5 Å². The molecule has 0 bridgehead atoms. The third kappa shape index (κ3) is 2.74. The maximum absolute atomic E-state index is 5.27. The predicted molar refractivity (Wildman–Crippen MR) is 79.9 cm³/mol. The van der Waals surface area contributed by atoms with E-state index in [0.29, 0.717) is 6.54 Å². The molecule has 1 N–H and O–H groups in total. The fourth-order valence-corrected chi connectivity index (χ4v) is 2.13. The van der Waals surface area contributed by atoms with Gasteiger partial charge in [0, 0.05) is 37.4 Å². The number of imidazole rings is 1. The van der Waals surface area contributed by atoms with Crippen LogP contribution in [-0.4, -0.2) is 28.6 Å². The van der Waals surface area contributed by atoms with Gasteiger partial charge in [-0.1, -0.05) is 0 Å². The first-order chi connectivity index (χ1) is 10.3. The van der Waals surface area contributed by atoms with Gasteiger partial charge < -0.3 is 19.2 Å². The summed E-state index contributed by atoms with van der Waals surface area (Å²) in [6.07, 6.45) is 7.23. The molecule has 108 valence electrons. The highest BCUT2D eigenvalue weighted by Gasteiger charge is 2.05. The van der Waals surface area contributed by atoms with E-state index in [-0.39, 0.29) is 0 Å². The van der Waals surface area contributed by atoms with Crippen LogP contribution in [0.3, 0.4) is 0 Å². The van der Waals surface area contributed by atoms with Crippen LogP contribution in [0.4, 0.5) is 5.82 Å². The van der Waals surface area contributed by atoms with Crippen molar-refractivity contribution in [1.82, 2.24) is 14.4 Å². The van der Waals surface area contributed by atoms with Gasteiger partial charge in [-0.15, -0.1) is 0 Å². The third-order valence-electron chi connectivity index (χ3n) is 3.18. The van der Waals surface area contributed by atoms with Gasteiger partial charge in [0.25, 0.3) is 0 Å². The number of benzene rings is 1. The fraction of sp³-hybridized carbons (Fsp3) is 0.200. The van der Waals surface area contributed by atoms with Crippen molar-refractivity contribution in [1.29, 1.82) is 0 Å². The summed E-state index contributed by atoms with van der Waals surface area (Å²) >= 11 is 0. The Kier molecular flexibility index (Phi) is 3.59. The van der Waals surface area contributed by atoms with Crippen LogP contribution in [0.1, 0.15) is 5.56 Å². The lowest BCUT2D eigenvalue weighted by Crippen LogP contribution is -2.04. The van der Waals surface area contributed by atoms with E-state index in [4.69, 9.17) is 9.47 Å². The Morgan fingerprint density at radius 3 is 2.33 bits per heavy atom. The number of nitrogens with one attached hydrogen (secondary N) is 1. The molecule has 21 heavy (non-hydrogen) atoms. The first-order valence-electron chi connectivity index (χ1n) is 6.53. The molecule has 3 rings (SSSR count). The molecule has 0 aliphatic heterocycles. The molecule has 0 radical (unpaired) electrons. The lowest BCUT2D eigenvalue weighted by atomic mass is 10.2. The van der Waals surface area contributed by atoms with Crippen molar-refractivity contribution >= 4 is 11.5 Å². The summed E-state index contributed by atoms with van der Waals surface area (Å²) in [4.78, 5) is 8.61. The lowest BCUT2D eigenvalue weighted by molar-refractivity contribution is 0.393. The van der Waals surface area contributed by atoms with Gasteiger partial charge >= 0.3 is 0 Å². The van der Waals surface area contributed by atoms with Crippen LogP contribution in [0.25, 0.3) is 5.65 Å². The summed E-state index contributed by atoms with van der Waals surface area (Å²) in [6, 6.07) is 5.76. The molecule has 0 aliphatic carbocycles. The van der Waals surface area contributed by atoms with Crippen molar-refractivity contribution in [2.75, 3.05) is 19.5 Å². The van der Waals surface area contributed by atoms with Crippen LogP contribution in [0.15, 0.2) is 43.0 Å². The fourth-order valence-electron chi connectivity index (χ4n) is 2.13. The standard InChI is InChI=1S/C15H16N4O2/c1-20-12-7-11(8-13(9-12)21-2)10-18-14-15-17-4-6-19(15)5-3-16-14/h3-9H,10H2,1-2H3,(H,16,18). The maximum atomic E-state index is 5.27. The van der Waals surface area contributed by atoms with Crippen LogP contribution >= 0.6 is 0 Å². The Bertz CT molecular complexity index is 732. The van der Waals surface area contributed by atoms with Gasteiger partial charge in [0.1, 0.15) is 11.5 Å². The van der Waals surface area contributed by atoms with E-state index < -0.39 is 0 Å². The number of rotatable bonds is 5. The van der Waals surface area contributed by atoms with Gasteiger partial charge in [-0.3, -0.25) is 0 Å². The number of fused-ring (bicyclic) bond motifs is 1. The summed E-state index contributed by atoms with van der Waals surface area (Å²) in [7, 11) is 3.28. The maximum Gasteiger partial charge on any atom is 0.180 e. The Labute approximate surface area is 122 Å². The van der Waals surface area contributed by atoms with Crippen LogP contribution in [0.2, 0.25) is 0 Å². The minimum Gasteiger partial charge on any atom is -0.497 e. The van der Waals surface area contributed by atoms with E-state index in [1.807, 2.05) is 35.0 Å². The van der Waals surface area contributed by atoms with Gasteiger partial charge in [0.15, 0.2) is 11.5 Å². The number of methoxy groups -OCH3 is 2. The highest BCUT2D eigenvalue weighted by atomic mass is 16.5. The molecule has 6 heteroatoms. The highest BCUT2D eigenvalue weighted by Crippen LogP contribution is 2.23. The topological polar surface area (TPSA) is 60.7 Å². The predicted octanol–water partition coefficient (Wildman–Crippen LogP) is 2.36. The summed E-state index contributed by atoms with van der Waals surface area (Å²) < 4.78 is 12.5. The van der Waals surface area contributed by atoms with Gasteiger partial charge in [0.05, 0.1) is 14.2 Å². The Hall–Kier alpha value is -2.76. The number of nitrogens with zero attached hydrogens (tertiary/aromatic N) is 3. The second-order valence-electron chi connectivity index (χ2n) is 4.51. The summed E-state index contributed by atoms with van der Waals surface area (Å²) in [5.41, 5.74) is 1.84. The first-order valence-corrected chi connectivity index (χ1v) is 6.53. The number of hydrogen-bond acceptors (Lipinski definition) is 5. The molecule has 6 nitrogen and oxygen atoms in total. The molecular formula is C15H16N4O2. The van der Waals surface area contributed by atoms with Gasteiger partial charge in [0.2, 0.25) is 0 Å². The van der Waals surface area contributed by atoms with Crippen molar-refractivity contribution in [2.24, 2.45) is 0 Å². The SMILES string of the molecule is COc1cc(CNc2nccn3ccnc23)cc(OC)c1. The second-order valence-corrected chi connectivity index (χ2v) is 4.51. The Balaban J connectivity index is 1.83. The van der Waals surface area contributed by atoms with Crippen molar-refractivity contribution < 1.29 is 9.47 Å². The van der Waals surface area contributed by atoms with E-state index in [0.717, 1.165) is 28.5 Å². The monoisotopic (exact) mass is 284 g/mol. The average Bonchev–Trinajstić information content (AvgIpc) is 3.01. The number of hydrogen-bond donors (Lipinski definition) is 1. The molecule has 1 aromatic carbocycles. The van der Waals surface area contributed by atoms with E-state index in [9.17, 15) is 0 Å². The largest absolute Gasteiger partial charge is 0.497 e. The van der Waals surface area contributed by atoms with Crippen molar-refractivity contribution in [3.8, 4) is 11.5 Å². The van der Waals surface area contributed by atoms with Crippen molar-refractivity contribution in [2.45, 2.75) is 6.54 Å². The molecule has 0 unspecified atom stereocenters. The molecule has 0 aliphatic rings. The smallest absolute Gasteiger partial charge is 0.180 e. The molecule has 2 heterocycles. The molecule has 0 saturated heterocycles. The van der Waals surface area contributed by atoms with Gasteiger partial charge in [-0.2, -0.15) is 0 Å². The van der Waals surface area contributed by atoms with Gasteiger partial charge in [-0.05, 0) is 17.7 Å². The minimum absolute atomic E-state index is 0.604. The second kappa shape index (κ2) is 5.70. The molecule has 0 saturated carbocycles. The Morgan fingerprint density at radius 2 is 1.67 bits per heavy atom. The molecule has 0 spiro atoms. The van der Waals surface area contributed by atoms with E-state index >= 15 is 0 Å². The lowest BCUT2D eigenvalue weighted by Gasteiger charge is -2.10. The zero-order valence-electron chi connectivity index (χ0n) is 11.9. The summed E-state index contributed by atoms with van der Waals surface area (Å²) in [5.74, 6) is 2.26. The molecule has 2 aromatic heterocycles. The first kappa shape index (κ1) is 13.2. The van der Waals surface area contributed by atoms with Crippen LogP contribution in [0, 0.1) is 0 Å². The minimum atomic E-state index is 0.604. The molecule has 0 fully saturated rings. The summed E-state index contributed by atoms with van der Waals surface area (Å²) in [6.45, 7) is 0.604. The molecule has 0 amide bonds. The van der Waals surface area contributed by atoms with E-state index in [1.54, 1.807) is 26.6 Å². The average molecular weight is 284 g/mol. The van der Waals surface area contributed by atoms with Crippen LogP contribution < -0.4 is 14.8 Å². The molecular weight excluding hydrogens is 268 g/mol. The van der Waals surface area contributed by atoms with E-state index in [2.05, 4.69) is 15.3 Å². The van der Waals surface area contributed by atoms with Gasteiger partial charge in [-0.25, -0.2) is 9.97 Å².